The van der Waals surface area contributed by atoms with E-state index in [1.165, 1.54) is 11.1 Å². The highest BCUT2D eigenvalue weighted by atomic mass is 16.6. The van der Waals surface area contributed by atoms with Crippen LogP contribution in [-0.4, -0.2) is 26.3 Å². The second-order valence-electron chi connectivity index (χ2n) is 5.06. The zero-order valence-corrected chi connectivity index (χ0v) is 11.9. The maximum Gasteiger partial charge on any atom is 0.161 e. The van der Waals surface area contributed by atoms with Crippen molar-refractivity contribution in [2.24, 2.45) is 11.7 Å². The molecule has 4 nitrogen and oxygen atoms in total. The number of hydrogen-bond acceptors (Lipinski definition) is 4. The minimum absolute atomic E-state index is 0.553. The largest absolute Gasteiger partial charge is 0.486 e. The summed E-state index contributed by atoms with van der Waals surface area (Å²) in [6.45, 7) is 8.10. The number of fused-ring (bicyclic) bond motifs is 1. The molecule has 1 aromatic carbocycles. The van der Waals surface area contributed by atoms with E-state index in [1.807, 2.05) is 0 Å². The average molecular weight is 264 g/mol. The van der Waals surface area contributed by atoms with Crippen LogP contribution in [0.3, 0.4) is 0 Å². The normalized spacial score (nSPS) is 15.3. The third-order valence-corrected chi connectivity index (χ3v) is 3.66. The molecule has 1 aromatic rings. The molecule has 106 valence electrons. The molecule has 0 aromatic heterocycles. The van der Waals surface area contributed by atoms with E-state index in [0.29, 0.717) is 19.1 Å². The van der Waals surface area contributed by atoms with Gasteiger partial charge in [-0.1, -0.05) is 13.3 Å². The number of hydrogen-bond donors (Lipinski definition) is 2. The molecule has 4 heteroatoms. The van der Waals surface area contributed by atoms with Crippen LogP contribution in [-0.2, 0) is 6.54 Å². The van der Waals surface area contributed by atoms with Gasteiger partial charge in [-0.2, -0.15) is 0 Å². The molecular formula is C15H24N2O2. The molecule has 0 saturated heterocycles. The van der Waals surface area contributed by atoms with Crippen LogP contribution in [0.25, 0.3) is 0 Å². The standard InChI is InChI=1S/C15H24N2O2/c1-3-12(8-16)9-17-10-13-7-15-14(6-11(13)2)18-4-5-19-15/h6-7,12,17H,3-5,8-10,16H2,1-2H3. The fraction of sp³-hybridized carbons (Fsp3) is 0.600. The highest BCUT2D eigenvalue weighted by Gasteiger charge is 2.14. The van der Waals surface area contributed by atoms with Gasteiger partial charge in [0.2, 0.25) is 0 Å². The molecule has 1 aliphatic rings. The highest BCUT2D eigenvalue weighted by Crippen LogP contribution is 2.32. The third-order valence-electron chi connectivity index (χ3n) is 3.66. The molecule has 2 rings (SSSR count). The fourth-order valence-electron chi connectivity index (χ4n) is 2.23. The van der Waals surface area contributed by atoms with Crippen molar-refractivity contribution in [2.45, 2.75) is 26.8 Å². The van der Waals surface area contributed by atoms with Crippen LogP contribution < -0.4 is 20.5 Å². The first kappa shape index (κ1) is 14.2. The Kier molecular flexibility index (Phi) is 5.05. The molecule has 3 N–H and O–H groups in total. The van der Waals surface area contributed by atoms with Crippen molar-refractivity contribution >= 4 is 0 Å². The molecule has 0 spiro atoms. The van der Waals surface area contributed by atoms with Crippen molar-refractivity contribution in [3.05, 3.63) is 23.3 Å². The second kappa shape index (κ2) is 6.78. The first-order chi connectivity index (χ1) is 9.24. The topological polar surface area (TPSA) is 56.5 Å². The Balaban J connectivity index is 1.96. The summed E-state index contributed by atoms with van der Waals surface area (Å²) < 4.78 is 11.2. The van der Waals surface area contributed by atoms with Crippen LogP contribution in [0.5, 0.6) is 11.5 Å². The van der Waals surface area contributed by atoms with E-state index in [0.717, 1.165) is 37.6 Å². The van der Waals surface area contributed by atoms with E-state index in [9.17, 15) is 0 Å². The van der Waals surface area contributed by atoms with Gasteiger partial charge >= 0.3 is 0 Å². The molecule has 1 heterocycles. The van der Waals surface area contributed by atoms with Crippen molar-refractivity contribution in [3.8, 4) is 11.5 Å². The molecule has 19 heavy (non-hydrogen) atoms. The van der Waals surface area contributed by atoms with Crippen molar-refractivity contribution < 1.29 is 9.47 Å². The van der Waals surface area contributed by atoms with Crippen molar-refractivity contribution in [2.75, 3.05) is 26.3 Å². The Hall–Kier alpha value is -1.26. The van der Waals surface area contributed by atoms with E-state index in [2.05, 4.69) is 31.3 Å². The third kappa shape index (κ3) is 3.61. The van der Waals surface area contributed by atoms with Gasteiger partial charge < -0.3 is 20.5 Å². The van der Waals surface area contributed by atoms with Gasteiger partial charge in [-0.25, -0.2) is 0 Å². The van der Waals surface area contributed by atoms with Crippen LogP contribution in [0.4, 0.5) is 0 Å². The molecule has 0 fully saturated rings. The van der Waals surface area contributed by atoms with Gasteiger partial charge in [0.25, 0.3) is 0 Å². The Morgan fingerprint density at radius 1 is 1.26 bits per heavy atom. The quantitative estimate of drug-likeness (QED) is 0.823. The van der Waals surface area contributed by atoms with Crippen LogP contribution in [0.15, 0.2) is 12.1 Å². The summed E-state index contributed by atoms with van der Waals surface area (Å²) in [6.07, 6.45) is 1.11. The zero-order valence-electron chi connectivity index (χ0n) is 11.9. The lowest BCUT2D eigenvalue weighted by Gasteiger charge is -2.21. The van der Waals surface area contributed by atoms with Crippen LogP contribution >= 0.6 is 0 Å². The molecule has 0 bridgehead atoms. The summed E-state index contributed by atoms with van der Waals surface area (Å²) in [6, 6.07) is 4.14. The van der Waals surface area contributed by atoms with Gasteiger partial charge in [0.05, 0.1) is 0 Å². The predicted molar refractivity (Wildman–Crippen MR) is 76.7 cm³/mol. The second-order valence-corrected chi connectivity index (χ2v) is 5.06. The first-order valence-electron chi connectivity index (χ1n) is 7.04. The number of nitrogens with one attached hydrogen (secondary N) is 1. The number of nitrogens with two attached hydrogens (primary N) is 1. The smallest absolute Gasteiger partial charge is 0.161 e. The summed E-state index contributed by atoms with van der Waals surface area (Å²) in [7, 11) is 0. The molecule has 0 saturated carbocycles. The lowest BCUT2D eigenvalue weighted by molar-refractivity contribution is 0.171. The van der Waals surface area contributed by atoms with Crippen LogP contribution in [0.2, 0.25) is 0 Å². The van der Waals surface area contributed by atoms with Gasteiger partial charge in [-0.15, -0.1) is 0 Å². The Morgan fingerprint density at radius 2 is 1.95 bits per heavy atom. The maximum absolute atomic E-state index is 5.71. The van der Waals surface area contributed by atoms with E-state index in [4.69, 9.17) is 15.2 Å². The number of rotatable bonds is 6. The average Bonchev–Trinajstić information content (AvgIpc) is 2.44. The van der Waals surface area contributed by atoms with E-state index >= 15 is 0 Å². The lowest BCUT2D eigenvalue weighted by Crippen LogP contribution is -2.27. The van der Waals surface area contributed by atoms with E-state index in [-0.39, 0.29) is 0 Å². The summed E-state index contributed by atoms with van der Waals surface area (Å²) in [4.78, 5) is 0. The van der Waals surface area contributed by atoms with Gasteiger partial charge in [0.1, 0.15) is 13.2 Å². The van der Waals surface area contributed by atoms with Gasteiger partial charge in [-0.05, 0) is 49.2 Å². The zero-order chi connectivity index (χ0) is 13.7. The summed E-state index contributed by atoms with van der Waals surface area (Å²) >= 11 is 0. The van der Waals surface area contributed by atoms with Crippen molar-refractivity contribution in [3.63, 3.8) is 0 Å². The molecule has 0 amide bonds. The van der Waals surface area contributed by atoms with Crippen molar-refractivity contribution in [1.82, 2.24) is 5.32 Å². The lowest BCUT2D eigenvalue weighted by atomic mass is 10.1. The predicted octanol–water partition coefficient (Wildman–Crippen LogP) is 1.84. The molecule has 0 aliphatic carbocycles. The Labute approximate surface area is 115 Å². The summed E-state index contributed by atoms with van der Waals surface area (Å²) in [5.41, 5.74) is 8.20. The molecule has 0 radical (unpaired) electrons. The van der Waals surface area contributed by atoms with Gasteiger partial charge in [0.15, 0.2) is 11.5 Å². The Morgan fingerprint density at radius 3 is 2.58 bits per heavy atom. The number of aryl methyl sites for hydroxylation is 1. The van der Waals surface area contributed by atoms with Crippen LogP contribution in [0, 0.1) is 12.8 Å². The number of benzene rings is 1. The Bertz CT molecular complexity index is 417. The maximum atomic E-state index is 5.71. The van der Waals surface area contributed by atoms with Gasteiger partial charge in [-0.3, -0.25) is 0 Å². The number of ether oxygens (including phenoxy) is 2. The minimum Gasteiger partial charge on any atom is -0.486 e. The van der Waals surface area contributed by atoms with Crippen LogP contribution in [0.1, 0.15) is 24.5 Å². The van der Waals surface area contributed by atoms with E-state index < -0.39 is 0 Å². The molecular weight excluding hydrogens is 240 g/mol. The summed E-state index contributed by atoms with van der Waals surface area (Å²) in [5, 5.41) is 3.47. The SMILES string of the molecule is CCC(CN)CNCc1cc2c(cc1C)OCCO2. The van der Waals surface area contributed by atoms with Crippen molar-refractivity contribution in [1.29, 1.82) is 0 Å². The van der Waals surface area contributed by atoms with Gasteiger partial charge in [0, 0.05) is 6.54 Å². The minimum atomic E-state index is 0.553. The molecule has 1 unspecified atom stereocenters. The highest BCUT2D eigenvalue weighted by molar-refractivity contribution is 5.47. The van der Waals surface area contributed by atoms with E-state index in [1.54, 1.807) is 0 Å². The first-order valence-corrected chi connectivity index (χ1v) is 7.04. The summed E-state index contributed by atoms with van der Waals surface area (Å²) in [5.74, 6) is 2.28. The molecule has 1 aliphatic heterocycles. The molecule has 1 atom stereocenters. The fourth-order valence-corrected chi connectivity index (χ4v) is 2.23. The monoisotopic (exact) mass is 264 g/mol.